The van der Waals surface area contributed by atoms with E-state index >= 15 is 0 Å². The number of aryl methyl sites for hydroxylation is 1. The van der Waals surface area contributed by atoms with Crippen LogP contribution in [0.25, 0.3) is 0 Å². The molecule has 1 aromatic rings. The molecule has 1 saturated carbocycles. The Bertz CT molecular complexity index is 546. The summed E-state index contributed by atoms with van der Waals surface area (Å²) in [5, 5.41) is 8.98. The van der Waals surface area contributed by atoms with Gasteiger partial charge in [0.15, 0.2) is 0 Å². The molecule has 0 aliphatic heterocycles. The molecule has 0 spiro atoms. The zero-order valence-electron chi connectivity index (χ0n) is 11.2. The van der Waals surface area contributed by atoms with Crippen LogP contribution < -0.4 is 5.73 Å². The van der Waals surface area contributed by atoms with E-state index in [9.17, 15) is 4.79 Å². The van der Waals surface area contributed by atoms with E-state index in [4.69, 9.17) is 10.8 Å². The van der Waals surface area contributed by atoms with Crippen molar-refractivity contribution in [2.24, 2.45) is 5.73 Å². The van der Waals surface area contributed by atoms with E-state index in [2.05, 4.69) is 11.8 Å². The molecule has 0 atom stereocenters. The molecule has 0 bridgehead atoms. The predicted octanol–water partition coefficient (Wildman–Crippen LogP) is 2.71. The van der Waals surface area contributed by atoms with Crippen LogP contribution in [0, 0.1) is 18.8 Å². The van der Waals surface area contributed by atoms with Crippen LogP contribution in [-0.2, 0) is 0 Å². The second-order valence-corrected chi connectivity index (χ2v) is 5.30. The van der Waals surface area contributed by atoms with Crippen molar-refractivity contribution in [1.82, 2.24) is 0 Å². The second-order valence-electron chi connectivity index (χ2n) is 5.30. The van der Waals surface area contributed by atoms with Crippen LogP contribution >= 0.6 is 0 Å². The lowest BCUT2D eigenvalue weighted by atomic mass is 9.83. The van der Waals surface area contributed by atoms with Crippen molar-refractivity contribution in [1.29, 1.82) is 0 Å². The van der Waals surface area contributed by atoms with Crippen molar-refractivity contribution < 1.29 is 9.90 Å². The average Bonchev–Trinajstić information content (AvgIpc) is 2.37. The van der Waals surface area contributed by atoms with Crippen molar-refractivity contribution >= 4 is 5.97 Å². The lowest BCUT2D eigenvalue weighted by Gasteiger charge is -2.27. The lowest BCUT2D eigenvalue weighted by Crippen LogP contribution is -2.40. The van der Waals surface area contributed by atoms with Crippen molar-refractivity contribution in [2.75, 3.05) is 0 Å². The number of benzene rings is 1. The number of rotatable bonds is 1. The zero-order chi connectivity index (χ0) is 13.9. The fourth-order valence-corrected chi connectivity index (χ4v) is 2.49. The summed E-state index contributed by atoms with van der Waals surface area (Å²) >= 11 is 0. The van der Waals surface area contributed by atoms with Crippen LogP contribution in [0.15, 0.2) is 18.2 Å². The summed E-state index contributed by atoms with van der Waals surface area (Å²) in [5.41, 5.74) is 7.78. The van der Waals surface area contributed by atoms with Crippen LogP contribution in [0.4, 0.5) is 0 Å². The van der Waals surface area contributed by atoms with Crippen LogP contribution in [0.2, 0.25) is 0 Å². The SMILES string of the molecule is Cc1cc(C#CC2(N)CCCCC2)ccc1C(=O)O. The summed E-state index contributed by atoms with van der Waals surface area (Å²) in [4.78, 5) is 10.9. The molecule has 100 valence electrons. The largest absolute Gasteiger partial charge is 0.478 e. The molecule has 1 aromatic carbocycles. The number of nitrogens with two attached hydrogens (primary N) is 1. The van der Waals surface area contributed by atoms with Gasteiger partial charge in [0.1, 0.15) is 0 Å². The minimum Gasteiger partial charge on any atom is -0.478 e. The van der Waals surface area contributed by atoms with Gasteiger partial charge in [-0.15, -0.1) is 0 Å². The standard InChI is InChI=1S/C16H19NO2/c1-12-11-13(5-6-14(12)15(18)19)7-10-16(17)8-3-2-4-9-16/h5-6,11H,2-4,8-9,17H2,1H3,(H,18,19). The van der Waals surface area contributed by atoms with E-state index in [0.29, 0.717) is 5.56 Å². The first-order valence-corrected chi connectivity index (χ1v) is 6.66. The molecule has 0 saturated heterocycles. The van der Waals surface area contributed by atoms with E-state index in [-0.39, 0.29) is 5.54 Å². The first kappa shape index (κ1) is 13.6. The number of aromatic carboxylic acids is 1. The molecule has 0 unspecified atom stereocenters. The van der Waals surface area contributed by atoms with Crippen molar-refractivity contribution in [2.45, 2.75) is 44.6 Å². The second kappa shape index (κ2) is 5.46. The summed E-state index contributed by atoms with van der Waals surface area (Å²) in [7, 11) is 0. The Balaban J connectivity index is 2.20. The predicted molar refractivity (Wildman–Crippen MR) is 75.0 cm³/mol. The maximum absolute atomic E-state index is 10.9. The van der Waals surface area contributed by atoms with Crippen molar-refractivity contribution in [3.8, 4) is 11.8 Å². The highest BCUT2D eigenvalue weighted by molar-refractivity contribution is 5.89. The Kier molecular flexibility index (Phi) is 3.92. The number of hydrogen-bond donors (Lipinski definition) is 2. The minimum absolute atomic E-state index is 0.325. The molecule has 1 aliphatic carbocycles. The van der Waals surface area contributed by atoms with Crippen LogP contribution in [0.3, 0.4) is 0 Å². The first-order valence-electron chi connectivity index (χ1n) is 6.66. The highest BCUT2D eigenvalue weighted by atomic mass is 16.4. The van der Waals surface area contributed by atoms with Gasteiger partial charge in [-0.1, -0.05) is 31.1 Å². The number of carbonyl (C=O) groups is 1. The molecule has 3 nitrogen and oxygen atoms in total. The highest BCUT2D eigenvalue weighted by Crippen LogP contribution is 2.25. The van der Waals surface area contributed by atoms with Gasteiger partial charge >= 0.3 is 5.97 Å². The Labute approximate surface area is 113 Å². The molecule has 0 heterocycles. The minimum atomic E-state index is -0.903. The van der Waals surface area contributed by atoms with Gasteiger partial charge in [0, 0.05) is 5.56 Å². The van der Waals surface area contributed by atoms with Gasteiger partial charge in [-0.05, 0) is 43.5 Å². The van der Waals surface area contributed by atoms with Crippen LogP contribution in [0.5, 0.6) is 0 Å². The van der Waals surface area contributed by atoms with Gasteiger partial charge < -0.3 is 10.8 Å². The van der Waals surface area contributed by atoms with Gasteiger partial charge in [-0.3, -0.25) is 0 Å². The summed E-state index contributed by atoms with van der Waals surface area (Å²) < 4.78 is 0. The van der Waals surface area contributed by atoms with Crippen LogP contribution in [-0.4, -0.2) is 16.6 Å². The molecule has 1 aliphatic rings. The Hall–Kier alpha value is -1.79. The first-order chi connectivity index (χ1) is 9.00. The maximum atomic E-state index is 10.9. The van der Waals surface area contributed by atoms with Gasteiger partial charge in [0.05, 0.1) is 11.1 Å². The summed E-state index contributed by atoms with van der Waals surface area (Å²) in [6.45, 7) is 1.79. The molecule has 19 heavy (non-hydrogen) atoms. The molecule has 1 fully saturated rings. The smallest absolute Gasteiger partial charge is 0.335 e. The Morgan fingerprint density at radius 2 is 2.00 bits per heavy atom. The summed E-state index contributed by atoms with van der Waals surface area (Å²) in [5.74, 6) is 5.36. The normalized spacial score (nSPS) is 17.4. The highest BCUT2D eigenvalue weighted by Gasteiger charge is 2.24. The summed E-state index contributed by atoms with van der Waals surface area (Å²) in [6.07, 6.45) is 5.43. The van der Waals surface area contributed by atoms with Gasteiger partial charge in [-0.25, -0.2) is 4.79 Å². The topological polar surface area (TPSA) is 63.3 Å². The maximum Gasteiger partial charge on any atom is 0.335 e. The molecule has 0 aromatic heterocycles. The Morgan fingerprint density at radius 1 is 1.32 bits per heavy atom. The molecule has 0 amide bonds. The Morgan fingerprint density at radius 3 is 2.58 bits per heavy atom. The lowest BCUT2D eigenvalue weighted by molar-refractivity contribution is 0.0696. The van der Waals surface area contributed by atoms with Crippen molar-refractivity contribution in [3.63, 3.8) is 0 Å². The van der Waals surface area contributed by atoms with E-state index in [1.54, 1.807) is 19.1 Å². The van der Waals surface area contributed by atoms with E-state index < -0.39 is 5.97 Å². The van der Waals surface area contributed by atoms with Gasteiger partial charge in [0.2, 0.25) is 0 Å². The molecule has 3 heteroatoms. The van der Waals surface area contributed by atoms with Gasteiger partial charge in [0.25, 0.3) is 0 Å². The fraction of sp³-hybridized carbons (Fsp3) is 0.438. The van der Waals surface area contributed by atoms with Gasteiger partial charge in [-0.2, -0.15) is 0 Å². The number of hydrogen-bond acceptors (Lipinski definition) is 2. The third kappa shape index (κ3) is 3.36. The number of carboxylic acid groups (broad SMARTS) is 1. The van der Waals surface area contributed by atoms with E-state index in [0.717, 1.165) is 36.8 Å². The zero-order valence-corrected chi connectivity index (χ0v) is 11.2. The molecular formula is C16H19NO2. The third-order valence-electron chi connectivity index (χ3n) is 3.66. The molecule has 0 radical (unpaired) electrons. The molecule has 2 rings (SSSR count). The summed E-state index contributed by atoms with van der Waals surface area (Å²) in [6, 6.07) is 5.16. The quantitative estimate of drug-likeness (QED) is 0.760. The molecular weight excluding hydrogens is 238 g/mol. The van der Waals surface area contributed by atoms with E-state index in [1.807, 2.05) is 6.07 Å². The monoisotopic (exact) mass is 257 g/mol. The van der Waals surface area contributed by atoms with Crippen LogP contribution in [0.1, 0.15) is 53.6 Å². The fourth-order valence-electron chi connectivity index (χ4n) is 2.49. The third-order valence-corrected chi connectivity index (χ3v) is 3.66. The molecule has 3 N–H and O–H groups in total. The average molecular weight is 257 g/mol. The van der Waals surface area contributed by atoms with E-state index in [1.165, 1.54) is 6.42 Å². The van der Waals surface area contributed by atoms with Crippen molar-refractivity contribution in [3.05, 3.63) is 34.9 Å². The number of carboxylic acids is 1.